The fourth-order valence-corrected chi connectivity index (χ4v) is 3.29. The van der Waals surface area contributed by atoms with Gasteiger partial charge in [-0.25, -0.2) is 0 Å². The highest BCUT2D eigenvalue weighted by Crippen LogP contribution is 2.27. The van der Waals surface area contributed by atoms with Crippen molar-refractivity contribution in [2.24, 2.45) is 5.92 Å². The molecule has 1 aliphatic rings. The minimum absolute atomic E-state index is 0.0114. The van der Waals surface area contributed by atoms with Gasteiger partial charge in [0.15, 0.2) is 0 Å². The van der Waals surface area contributed by atoms with Gasteiger partial charge in [-0.15, -0.1) is 0 Å². The van der Waals surface area contributed by atoms with Gasteiger partial charge in [-0.3, -0.25) is 14.6 Å². The number of hydrogen-bond acceptors (Lipinski definition) is 3. The Hall–Kier alpha value is -2.69. The topological polar surface area (TPSA) is 53.5 Å². The van der Waals surface area contributed by atoms with Crippen LogP contribution in [0.4, 0.5) is 5.69 Å². The van der Waals surface area contributed by atoms with Gasteiger partial charge in [-0.1, -0.05) is 23.8 Å². The molecule has 26 heavy (non-hydrogen) atoms. The number of carbonyl (C=O) groups is 2. The van der Waals surface area contributed by atoms with E-state index in [1.165, 1.54) is 0 Å². The summed E-state index contributed by atoms with van der Waals surface area (Å²) in [6.45, 7) is 6.98. The number of benzene rings is 1. The molecule has 0 aliphatic carbocycles. The maximum absolute atomic E-state index is 13.1. The molecule has 0 radical (unpaired) electrons. The van der Waals surface area contributed by atoms with Gasteiger partial charge >= 0.3 is 0 Å². The molecular weight excluding hydrogens is 326 g/mol. The number of rotatable bonds is 5. The summed E-state index contributed by atoms with van der Waals surface area (Å²) in [5.74, 6) is -0.257. The number of amides is 2. The standard InChI is InChI=1S/C21H25N3O2/c1-15(2)23(13-17-5-4-10-22-12-17)21(26)18-11-20(25)24(14-18)19-8-6-16(3)7-9-19/h4-10,12,15,18H,11,13-14H2,1-3H3. The van der Waals surface area contributed by atoms with E-state index in [4.69, 9.17) is 0 Å². The minimum atomic E-state index is -0.303. The second kappa shape index (κ2) is 7.68. The summed E-state index contributed by atoms with van der Waals surface area (Å²) in [7, 11) is 0. The Morgan fingerprint density at radius 2 is 2.00 bits per heavy atom. The lowest BCUT2D eigenvalue weighted by molar-refractivity contribution is -0.138. The molecule has 1 aliphatic heterocycles. The van der Waals surface area contributed by atoms with E-state index in [1.54, 1.807) is 17.3 Å². The number of hydrogen-bond donors (Lipinski definition) is 0. The summed E-state index contributed by atoms with van der Waals surface area (Å²) < 4.78 is 0. The lowest BCUT2D eigenvalue weighted by Gasteiger charge is -2.29. The van der Waals surface area contributed by atoms with Gasteiger partial charge < -0.3 is 9.80 Å². The van der Waals surface area contributed by atoms with Gasteiger partial charge in [0.1, 0.15) is 0 Å². The first-order valence-electron chi connectivity index (χ1n) is 9.02. The molecular formula is C21H25N3O2. The molecule has 5 heteroatoms. The van der Waals surface area contributed by atoms with E-state index < -0.39 is 0 Å². The summed E-state index contributed by atoms with van der Waals surface area (Å²) in [6, 6.07) is 11.8. The van der Waals surface area contributed by atoms with E-state index >= 15 is 0 Å². The number of pyridine rings is 1. The van der Waals surface area contributed by atoms with Crippen molar-refractivity contribution in [3.05, 3.63) is 59.9 Å². The Labute approximate surface area is 154 Å². The van der Waals surface area contributed by atoms with Crippen LogP contribution in [0.3, 0.4) is 0 Å². The molecule has 0 saturated carbocycles. The van der Waals surface area contributed by atoms with Crippen LogP contribution in [0.2, 0.25) is 0 Å². The van der Waals surface area contributed by atoms with Crippen molar-refractivity contribution in [3.63, 3.8) is 0 Å². The molecule has 1 fully saturated rings. The predicted molar refractivity (Wildman–Crippen MR) is 102 cm³/mol. The molecule has 2 aromatic rings. The maximum atomic E-state index is 13.1. The average molecular weight is 351 g/mol. The second-order valence-electron chi connectivity index (χ2n) is 7.16. The fourth-order valence-electron chi connectivity index (χ4n) is 3.29. The monoisotopic (exact) mass is 351 g/mol. The smallest absolute Gasteiger partial charge is 0.228 e. The first-order valence-corrected chi connectivity index (χ1v) is 9.02. The van der Waals surface area contributed by atoms with E-state index in [0.29, 0.717) is 13.1 Å². The maximum Gasteiger partial charge on any atom is 0.228 e. The number of aryl methyl sites for hydroxylation is 1. The lowest BCUT2D eigenvalue weighted by Crippen LogP contribution is -2.41. The third-order valence-electron chi connectivity index (χ3n) is 4.80. The van der Waals surface area contributed by atoms with Crippen LogP contribution in [0.5, 0.6) is 0 Å². The average Bonchev–Trinajstić information content (AvgIpc) is 3.02. The zero-order valence-electron chi connectivity index (χ0n) is 15.6. The van der Waals surface area contributed by atoms with Crippen LogP contribution in [-0.4, -0.2) is 34.3 Å². The van der Waals surface area contributed by atoms with Gasteiger partial charge in [0, 0.05) is 43.6 Å². The molecule has 2 heterocycles. The van der Waals surface area contributed by atoms with E-state index in [9.17, 15) is 9.59 Å². The van der Waals surface area contributed by atoms with Gasteiger partial charge in [0.05, 0.1) is 5.92 Å². The van der Waals surface area contributed by atoms with Crippen LogP contribution in [-0.2, 0) is 16.1 Å². The number of anilines is 1. The molecule has 0 spiro atoms. The first-order chi connectivity index (χ1) is 12.5. The fraction of sp³-hybridized carbons (Fsp3) is 0.381. The lowest BCUT2D eigenvalue weighted by atomic mass is 10.1. The Kier molecular flexibility index (Phi) is 5.35. The summed E-state index contributed by atoms with van der Waals surface area (Å²) in [5, 5.41) is 0. The molecule has 1 unspecified atom stereocenters. The van der Waals surface area contributed by atoms with Gasteiger partial charge in [0.25, 0.3) is 0 Å². The quantitative estimate of drug-likeness (QED) is 0.831. The van der Waals surface area contributed by atoms with Crippen molar-refractivity contribution < 1.29 is 9.59 Å². The van der Waals surface area contributed by atoms with Crippen molar-refractivity contribution in [1.29, 1.82) is 0 Å². The van der Waals surface area contributed by atoms with E-state index in [2.05, 4.69) is 4.98 Å². The van der Waals surface area contributed by atoms with Crippen molar-refractivity contribution in [1.82, 2.24) is 9.88 Å². The van der Waals surface area contributed by atoms with Crippen molar-refractivity contribution in [2.45, 2.75) is 39.8 Å². The molecule has 0 N–H and O–H groups in total. The van der Waals surface area contributed by atoms with Crippen LogP contribution >= 0.6 is 0 Å². The van der Waals surface area contributed by atoms with Crippen LogP contribution in [0.15, 0.2) is 48.8 Å². The molecule has 3 rings (SSSR count). The first kappa shape index (κ1) is 18.1. The molecule has 5 nitrogen and oxygen atoms in total. The zero-order chi connectivity index (χ0) is 18.7. The third-order valence-corrected chi connectivity index (χ3v) is 4.80. The summed E-state index contributed by atoms with van der Waals surface area (Å²) in [5.41, 5.74) is 3.00. The number of carbonyl (C=O) groups excluding carboxylic acids is 2. The molecule has 2 amide bonds. The molecule has 1 saturated heterocycles. The summed E-state index contributed by atoms with van der Waals surface area (Å²) >= 11 is 0. The van der Waals surface area contributed by atoms with E-state index in [1.807, 2.05) is 62.1 Å². The second-order valence-corrected chi connectivity index (χ2v) is 7.16. The summed E-state index contributed by atoms with van der Waals surface area (Å²) in [4.78, 5) is 33.3. The molecule has 1 aromatic heterocycles. The summed E-state index contributed by atoms with van der Waals surface area (Å²) in [6.07, 6.45) is 3.77. The van der Waals surface area contributed by atoms with Crippen LogP contribution in [0.25, 0.3) is 0 Å². The zero-order valence-corrected chi connectivity index (χ0v) is 15.6. The molecule has 136 valence electrons. The van der Waals surface area contributed by atoms with Gasteiger partial charge in [-0.2, -0.15) is 0 Å². The SMILES string of the molecule is Cc1ccc(N2CC(C(=O)N(Cc3cccnc3)C(C)C)CC2=O)cc1. The number of nitrogens with zero attached hydrogens (tertiary/aromatic N) is 3. The van der Waals surface area contributed by atoms with Crippen molar-refractivity contribution in [3.8, 4) is 0 Å². The van der Waals surface area contributed by atoms with Crippen LogP contribution < -0.4 is 4.90 Å². The highest BCUT2D eigenvalue weighted by Gasteiger charge is 2.37. The van der Waals surface area contributed by atoms with Gasteiger partial charge in [0.2, 0.25) is 11.8 Å². The minimum Gasteiger partial charge on any atom is -0.336 e. The van der Waals surface area contributed by atoms with E-state index in [0.717, 1.165) is 16.8 Å². The predicted octanol–water partition coefficient (Wildman–Crippen LogP) is 3.18. The van der Waals surface area contributed by atoms with Crippen LogP contribution in [0.1, 0.15) is 31.4 Å². The normalized spacial score (nSPS) is 17.0. The Morgan fingerprint density at radius 1 is 1.27 bits per heavy atom. The Bertz CT molecular complexity index is 772. The van der Waals surface area contributed by atoms with Gasteiger partial charge in [-0.05, 0) is 44.5 Å². The Morgan fingerprint density at radius 3 is 2.62 bits per heavy atom. The van der Waals surface area contributed by atoms with Crippen molar-refractivity contribution >= 4 is 17.5 Å². The largest absolute Gasteiger partial charge is 0.336 e. The molecule has 1 atom stereocenters. The molecule has 1 aromatic carbocycles. The highest BCUT2D eigenvalue weighted by molar-refractivity contribution is 6.00. The third kappa shape index (κ3) is 3.93. The highest BCUT2D eigenvalue weighted by atomic mass is 16.2. The number of aromatic nitrogens is 1. The van der Waals surface area contributed by atoms with Crippen LogP contribution in [0, 0.1) is 12.8 Å². The van der Waals surface area contributed by atoms with Crippen molar-refractivity contribution in [2.75, 3.05) is 11.4 Å². The Balaban J connectivity index is 1.73. The molecule has 0 bridgehead atoms. The van der Waals surface area contributed by atoms with E-state index in [-0.39, 0.29) is 30.2 Å².